The molecule has 0 saturated carbocycles. The fourth-order valence-electron chi connectivity index (χ4n) is 6.75. The number of ether oxygens (including phenoxy) is 1. The normalized spacial score (nSPS) is 20.0. The third-order valence-corrected chi connectivity index (χ3v) is 9.77. The maximum atomic E-state index is 14.6. The number of aliphatic hydroxyl groups excluding tert-OH is 1. The number of aliphatic hydroxyl groups is 1. The lowest BCUT2D eigenvalue weighted by Gasteiger charge is -2.32. The van der Waals surface area contributed by atoms with Crippen molar-refractivity contribution in [2.75, 3.05) is 50.6 Å². The van der Waals surface area contributed by atoms with E-state index in [0.29, 0.717) is 65.0 Å². The van der Waals surface area contributed by atoms with Crippen molar-refractivity contribution in [3.05, 3.63) is 35.4 Å². The van der Waals surface area contributed by atoms with Crippen LogP contribution in [0.15, 0.2) is 18.5 Å². The number of hydrogen-bond donors (Lipinski definition) is 2. The summed E-state index contributed by atoms with van der Waals surface area (Å²) in [6.45, 7) is 4.28. The van der Waals surface area contributed by atoms with Crippen molar-refractivity contribution in [2.45, 2.75) is 56.7 Å². The molecular weight excluding hydrogens is 562 g/mol. The monoisotopic (exact) mass is 596 g/mol. The van der Waals surface area contributed by atoms with Crippen LogP contribution in [0.5, 0.6) is 5.88 Å². The first-order chi connectivity index (χ1) is 20.5. The number of nitrogen functional groups attached to an aromatic ring is 1. The summed E-state index contributed by atoms with van der Waals surface area (Å²) < 4.78 is 32.9. The summed E-state index contributed by atoms with van der Waals surface area (Å²) in [5.41, 5.74) is 8.30. The number of nitrogens with two attached hydrogens (primary N) is 1. The number of rotatable bonds is 6. The van der Waals surface area contributed by atoms with Gasteiger partial charge >= 0.3 is 0 Å². The van der Waals surface area contributed by atoms with Gasteiger partial charge in [-0.05, 0) is 63.2 Å². The van der Waals surface area contributed by atoms with E-state index in [9.17, 15) is 19.1 Å². The molecule has 13 heteroatoms. The summed E-state index contributed by atoms with van der Waals surface area (Å²) in [4.78, 5) is 18.9. The first-order valence-corrected chi connectivity index (χ1v) is 15.1. The van der Waals surface area contributed by atoms with Gasteiger partial charge in [-0.15, -0.1) is 11.3 Å². The van der Waals surface area contributed by atoms with Crippen molar-refractivity contribution in [2.24, 2.45) is 0 Å². The Labute approximate surface area is 246 Å². The molecule has 0 amide bonds. The van der Waals surface area contributed by atoms with Gasteiger partial charge in [0.05, 0.1) is 42.0 Å². The number of piperidine rings is 1. The van der Waals surface area contributed by atoms with Crippen LogP contribution in [-0.2, 0) is 6.54 Å². The zero-order valence-electron chi connectivity index (χ0n) is 23.5. The standard InChI is InChI=1S/C28H31FN8O2S.CH3F/c29-20-6-5-17(21-19(12-30)24(31)40-23(20)21)13-36-16-32-22-25(36)33-27(35-9-1-4-18(38)14-35)34-26(22)39-15-28-7-2-10-37(28)11-3-8-28;1-2/h5-6,16,18,38H,1-4,7-11,13-15,31H2;1H3. The second-order valence-electron chi connectivity index (χ2n) is 11.2. The van der Waals surface area contributed by atoms with Crippen molar-refractivity contribution in [3.63, 3.8) is 0 Å². The van der Waals surface area contributed by atoms with Crippen LogP contribution in [0.1, 0.15) is 49.7 Å². The number of anilines is 2. The molecule has 6 heterocycles. The summed E-state index contributed by atoms with van der Waals surface area (Å²) in [6.07, 6.45) is 7.44. The summed E-state index contributed by atoms with van der Waals surface area (Å²) in [5, 5.41) is 20.9. The van der Waals surface area contributed by atoms with Gasteiger partial charge in [-0.3, -0.25) is 9.29 Å². The molecule has 222 valence electrons. The SMILES string of the molecule is CF.N#Cc1c(N)sc2c(F)ccc(Cn3cnc4c(OCC56CCCN5CCC6)nc(N5CCCC(O)C5)nc43)c12. The van der Waals surface area contributed by atoms with Crippen LogP contribution in [0.2, 0.25) is 0 Å². The Bertz CT molecular complexity index is 1640. The number of hydrogen-bond acceptors (Lipinski definition) is 10. The Morgan fingerprint density at radius 1 is 1.19 bits per heavy atom. The molecule has 3 aliphatic heterocycles. The van der Waals surface area contributed by atoms with Gasteiger partial charge in [0.15, 0.2) is 11.2 Å². The fourth-order valence-corrected chi connectivity index (χ4v) is 7.72. The minimum atomic E-state index is -0.437. The first-order valence-electron chi connectivity index (χ1n) is 14.3. The molecule has 1 unspecified atom stereocenters. The molecule has 4 aromatic rings. The summed E-state index contributed by atoms with van der Waals surface area (Å²) in [5.74, 6) is 0.536. The molecule has 3 aliphatic rings. The summed E-state index contributed by atoms with van der Waals surface area (Å²) in [6, 6.07) is 5.24. The molecule has 0 radical (unpaired) electrons. The summed E-state index contributed by atoms with van der Waals surface area (Å²) in [7, 11) is 0.500. The number of aromatic nitrogens is 4. The van der Waals surface area contributed by atoms with E-state index in [2.05, 4.69) is 16.0 Å². The lowest BCUT2D eigenvalue weighted by atomic mass is 9.95. The second-order valence-corrected chi connectivity index (χ2v) is 12.2. The number of nitriles is 1. The number of fused-ring (bicyclic) bond motifs is 3. The van der Waals surface area contributed by atoms with Gasteiger partial charge in [0.2, 0.25) is 11.8 Å². The maximum absolute atomic E-state index is 14.6. The molecule has 3 fully saturated rings. The first kappa shape index (κ1) is 28.5. The van der Waals surface area contributed by atoms with Gasteiger partial charge in [-0.25, -0.2) is 9.37 Å². The van der Waals surface area contributed by atoms with Gasteiger partial charge in [0, 0.05) is 18.5 Å². The third-order valence-electron chi connectivity index (χ3n) is 8.75. The van der Waals surface area contributed by atoms with Crippen molar-refractivity contribution < 1.29 is 18.6 Å². The smallest absolute Gasteiger partial charge is 0.247 e. The van der Waals surface area contributed by atoms with Crippen LogP contribution < -0.4 is 15.4 Å². The van der Waals surface area contributed by atoms with Crippen LogP contribution in [-0.4, -0.2) is 81.1 Å². The Kier molecular flexibility index (Phi) is 7.87. The quantitative estimate of drug-likeness (QED) is 0.336. The van der Waals surface area contributed by atoms with Crippen molar-refractivity contribution in [1.82, 2.24) is 24.4 Å². The highest BCUT2D eigenvalue weighted by atomic mass is 32.1. The predicted molar refractivity (Wildman–Crippen MR) is 158 cm³/mol. The maximum Gasteiger partial charge on any atom is 0.247 e. The second kappa shape index (κ2) is 11.6. The fraction of sp³-hybridized carbons (Fsp3) is 0.517. The topological polar surface area (TPSA) is 129 Å². The van der Waals surface area contributed by atoms with Gasteiger partial charge < -0.3 is 25.0 Å². The molecule has 3 saturated heterocycles. The van der Waals surface area contributed by atoms with Crippen LogP contribution in [0.25, 0.3) is 21.3 Å². The van der Waals surface area contributed by atoms with E-state index in [1.807, 2.05) is 9.47 Å². The number of nitrogens with zero attached hydrogens (tertiary/aromatic N) is 7. The van der Waals surface area contributed by atoms with Crippen molar-refractivity contribution >= 4 is 43.5 Å². The largest absolute Gasteiger partial charge is 0.474 e. The van der Waals surface area contributed by atoms with Crippen LogP contribution >= 0.6 is 11.3 Å². The van der Waals surface area contributed by atoms with E-state index >= 15 is 0 Å². The average molecular weight is 597 g/mol. The van der Waals surface area contributed by atoms with Gasteiger partial charge in [-0.2, -0.15) is 15.2 Å². The molecule has 7 rings (SSSR count). The summed E-state index contributed by atoms with van der Waals surface area (Å²) >= 11 is 1.09. The lowest BCUT2D eigenvalue weighted by Crippen LogP contribution is -2.43. The Hall–Kier alpha value is -3.60. The molecule has 0 spiro atoms. The van der Waals surface area contributed by atoms with E-state index in [-0.39, 0.29) is 11.1 Å². The number of halogens is 2. The van der Waals surface area contributed by atoms with Gasteiger partial charge in [0.25, 0.3) is 0 Å². The molecule has 0 bridgehead atoms. The Balaban J connectivity index is 0.00000155. The van der Waals surface area contributed by atoms with Crippen LogP contribution in [0, 0.1) is 17.1 Å². The minimum absolute atomic E-state index is 0.0492. The highest BCUT2D eigenvalue weighted by Gasteiger charge is 2.45. The number of thiophene rings is 1. The molecule has 1 aromatic carbocycles. The average Bonchev–Trinajstić information content (AvgIpc) is 3.77. The molecule has 1 atom stereocenters. The number of alkyl halides is 1. The van der Waals surface area contributed by atoms with Gasteiger partial charge in [-0.1, -0.05) is 6.07 Å². The Morgan fingerprint density at radius 2 is 1.98 bits per heavy atom. The minimum Gasteiger partial charge on any atom is -0.474 e. The van der Waals surface area contributed by atoms with E-state index in [1.54, 1.807) is 12.4 Å². The highest BCUT2D eigenvalue weighted by molar-refractivity contribution is 7.23. The molecule has 0 aliphatic carbocycles. The molecule has 42 heavy (non-hydrogen) atoms. The van der Waals surface area contributed by atoms with E-state index < -0.39 is 11.9 Å². The van der Waals surface area contributed by atoms with E-state index in [0.717, 1.165) is 62.2 Å². The number of imidazole rings is 1. The van der Waals surface area contributed by atoms with Crippen molar-refractivity contribution in [3.8, 4) is 11.9 Å². The molecule has 3 aromatic heterocycles. The van der Waals surface area contributed by atoms with Crippen molar-refractivity contribution in [1.29, 1.82) is 5.26 Å². The molecule has 3 N–H and O–H groups in total. The van der Waals surface area contributed by atoms with E-state index in [4.69, 9.17) is 20.4 Å². The zero-order chi connectivity index (χ0) is 29.4. The van der Waals surface area contributed by atoms with Crippen LogP contribution in [0.4, 0.5) is 19.7 Å². The molecule has 10 nitrogen and oxygen atoms in total. The zero-order valence-corrected chi connectivity index (χ0v) is 24.3. The Morgan fingerprint density at radius 3 is 2.71 bits per heavy atom. The highest BCUT2D eigenvalue weighted by Crippen LogP contribution is 2.40. The van der Waals surface area contributed by atoms with Gasteiger partial charge in [0.1, 0.15) is 23.5 Å². The predicted octanol–water partition coefficient (Wildman–Crippen LogP) is 4.24. The van der Waals surface area contributed by atoms with E-state index in [1.165, 1.54) is 18.9 Å². The molecular formula is C29H34F2N8O2S. The lowest BCUT2D eigenvalue weighted by molar-refractivity contribution is 0.111. The third kappa shape index (κ3) is 4.91. The van der Waals surface area contributed by atoms with Crippen LogP contribution in [0.3, 0.4) is 0 Å². The number of benzene rings is 1. The number of β-amino-alcohol motifs (C(OH)–C–C–N with tert-alkyl or cyclic N) is 1.